The Labute approximate surface area is 119 Å². The molecule has 20 heavy (non-hydrogen) atoms. The molecule has 0 aromatic heterocycles. The predicted octanol–water partition coefficient (Wildman–Crippen LogP) is 2.75. The molecule has 1 unspecified atom stereocenters. The van der Waals surface area contributed by atoms with E-state index in [0.29, 0.717) is 6.54 Å². The van der Waals surface area contributed by atoms with Gasteiger partial charge in [-0.1, -0.05) is 19.8 Å². The van der Waals surface area contributed by atoms with Crippen LogP contribution in [-0.2, 0) is 10.0 Å². The summed E-state index contributed by atoms with van der Waals surface area (Å²) in [6, 6.07) is 3.71. The summed E-state index contributed by atoms with van der Waals surface area (Å²) < 4.78 is 40.4. The highest BCUT2D eigenvalue weighted by Crippen LogP contribution is 2.27. The molecule has 1 heterocycles. The molecule has 1 atom stereocenters. The number of anilines is 1. The number of sulfonamides is 1. The molecule has 1 aliphatic heterocycles. The van der Waals surface area contributed by atoms with E-state index < -0.39 is 15.8 Å². The summed E-state index contributed by atoms with van der Waals surface area (Å²) in [6.45, 7) is 2.49. The van der Waals surface area contributed by atoms with Crippen molar-refractivity contribution in [3.8, 4) is 0 Å². The van der Waals surface area contributed by atoms with Crippen molar-refractivity contribution in [2.45, 2.75) is 50.0 Å². The van der Waals surface area contributed by atoms with E-state index in [2.05, 4.69) is 0 Å². The number of hydrogen-bond acceptors (Lipinski definition) is 3. The summed E-state index contributed by atoms with van der Waals surface area (Å²) >= 11 is 0. The van der Waals surface area contributed by atoms with Gasteiger partial charge < -0.3 is 5.73 Å². The Balaban J connectivity index is 2.38. The van der Waals surface area contributed by atoms with Crippen LogP contribution in [0.5, 0.6) is 0 Å². The molecule has 4 nitrogen and oxygen atoms in total. The van der Waals surface area contributed by atoms with E-state index in [1.807, 2.05) is 6.92 Å². The van der Waals surface area contributed by atoms with Crippen molar-refractivity contribution >= 4 is 15.7 Å². The largest absolute Gasteiger partial charge is 0.396 e. The SMILES string of the molecule is CCC1CCCCCN1S(=O)(=O)c1ccc(N)c(F)c1. The molecule has 2 N–H and O–H groups in total. The number of hydrogen-bond donors (Lipinski definition) is 1. The van der Waals surface area contributed by atoms with Crippen molar-refractivity contribution < 1.29 is 12.8 Å². The molecule has 0 amide bonds. The molecule has 0 spiro atoms. The monoisotopic (exact) mass is 300 g/mol. The van der Waals surface area contributed by atoms with Crippen LogP contribution in [0.2, 0.25) is 0 Å². The van der Waals surface area contributed by atoms with Crippen molar-refractivity contribution in [1.29, 1.82) is 0 Å². The Bertz CT molecular complexity index is 575. The highest BCUT2D eigenvalue weighted by molar-refractivity contribution is 7.89. The first kappa shape index (κ1) is 15.3. The molecule has 0 radical (unpaired) electrons. The highest BCUT2D eigenvalue weighted by atomic mass is 32.2. The fourth-order valence-corrected chi connectivity index (χ4v) is 4.46. The van der Waals surface area contributed by atoms with E-state index in [4.69, 9.17) is 5.73 Å². The Morgan fingerprint density at radius 1 is 1.35 bits per heavy atom. The van der Waals surface area contributed by atoms with Crippen LogP contribution < -0.4 is 5.73 Å². The standard InChI is InChI=1S/C14H21FN2O2S/c1-2-11-6-4-3-5-9-17(11)20(18,19)12-7-8-14(16)13(15)10-12/h7-8,10-11H,2-6,9,16H2,1H3. The van der Waals surface area contributed by atoms with Crippen molar-refractivity contribution in [3.05, 3.63) is 24.0 Å². The van der Waals surface area contributed by atoms with Gasteiger partial charge in [-0.05, 0) is 37.5 Å². The molecular weight excluding hydrogens is 279 g/mol. The number of nitrogens with two attached hydrogens (primary N) is 1. The lowest BCUT2D eigenvalue weighted by Gasteiger charge is -2.28. The van der Waals surface area contributed by atoms with Gasteiger partial charge in [-0.15, -0.1) is 0 Å². The molecule has 0 saturated carbocycles. The number of nitrogen functional groups attached to an aromatic ring is 1. The van der Waals surface area contributed by atoms with E-state index in [-0.39, 0.29) is 16.6 Å². The van der Waals surface area contributed by atoms with Gasteiger partial charge in [0.05, 0.1) is 10.6 Å². The molecule has 1 fully saturated rings. The van der Waals surface area contributed by atoms with Crippen molar-refractivity contribution in [2.24, 2.45) is 0 Å². The molecule has 2 rings (SSSR count). The zero-order valence-electron chi connectivity index (χ0n) is 11.7. The summed E-state index contributed by atoms with van der Waals surface area (Å²) in [5, 5.41) is 0. The molecule has 6 heteroatoms. The van der Waals surface area contributed by atoms with Gasteiger partial charge in [0.1, 0.15) is 5.82 Å². The van der Waals surface area contributed by atoms with Gasteiger partial charge in [0.2, 0.25) is 10.0 Å². The predicted molar refractivity (Wildman–Crippen MR) is 77.3 cm³/mol. The van der Waals surface area contributed by atoms with Crippen LogP contribution in [0.3, 0.4) is 0 Å². The van der Waals surface area contributed by atoms with Gasteiger partial charge in [-0.3, -0.25) is 0 Å². The van der Waals surface area contributed by atoms with Crippen LogP contribution in [0.1, 0.15) is 39.0 Å². The average Bonchev–Trinajstić information content (AvgIpc) is 2.67. The normalized spacial score (nSPS) is 21.6. The quantitative estimate of drug-likeness (QED) is 0.873. The van der Waals surface area contributed by atoms with E-state index in [0.717, 1.165) is 38.2 Å². The molecular formula is C14H21FN2O2S. The van der Waals surface area contributed by atoms with Crippen LogP contribution in [0.4, 0.5) is 10.1 Å². The maximum atomic E-state index is 13.5. The lowest BCUT2D eigenvalue weighted by molar-refractivity contribution is 0.315. The van der Waals surface area contributed by atoms with Gasteiger partial charge in [-0.25, -0.2) is 12.8 Å². The second kappa shape index (κ2) is 6.10. The Morgan fingerprint density at radius 3 is 2.75 bits per heavy atom. The maximum Gasteiger partial charge on any atom is 0.243 e. The Morgan fingerprint density at radius 2 is 2.10 bits per heavy atom. The van der Waals surface area contributed by atoms with E-state index in [1.54, 1.807) is 0 Å². The lowest BCUT2D eigenvalue weighted by Crippen LogP contribution is -2.39. The third-order valence-corrected chi connectivity index (χ3v) is 5.82. The van der Waals surface area contributed by atoms with Crippen LogP contribution in [-0.4, -0.2) is 25.3 Å². The van der Waals surface area contributed by atoms with Gasteiger partial charge in [0, 0.05) is 12.6 Å². The molecule has 0 aliphatic carbocycles. The zero-order valence-corrected chi connectivity index (χ0v) is 12.5. The summed E-state index contributed by atoms with van der Waals surface area (Å²) in [4.78, 5) is -0.00968. The minimum absolute atomic E-state index is 0.00288. The van der Waals surface area contributed by atoms with Gasteiger partial charge in [0.15, 0.2) is 0 Å². The van der Waals surface area contributed by atoms with Gasteiger partial charge >= 0.3 is 0 Å². The fourth-order valence-electron chi connectivity index (χ4n) is 2.68. The van der Waals surface area contributed by atoms with Crippen molar-refractivity contribution in [2.75, 3.05) is 12.3 Å². The second-order valence-electron chi connectivity index (χ2n) is 5.21. The van der Waals surface area contributed by atoms with Crippen molar-refractivity contribution in [3.63, 3.8) is 0 Å². The number of rotatable bonds is 3. The first-order valence-electron chi connectivity index (χ1n) is 7.03. The Kier molecular flexibility index (Phi) is 4.65. The van der Waals surface area contributed by atoms with Crippen molar-refractivity contribution in [1.82, 2.24) is 4.31 Å². The number of halogens is 1. The molecule has 1 aromatic rings. The molecule has 1 saturated heterocycles. The van der Waals surface area contributed by atoms with Crippen LogP contribution >= 0.6 is 0 Å². The van der Waals surface area contributed by atoms with Gasteiger partial charge in [-0.2, -0.15) is 4.31 Å². The highest BCUT2D eigenvalue weighted by Gasteiger charge is 2.31. The lowest BCUT2D eigenvalue weighted by atomic mass is 10.1. The topological polar surface area (TPSA) is 63.4 Å². The van der Waals surface area contributed by atoms with E-state index in [1.165, 1.54) is 16.4 Å². The smallest absolute Gasteiger partial charge is 0.243 e. The summed E-state index contributed by atoms with van der Waals surface area (Å²) in [7, 11) is -3.65. The molecule has 1 aliphatic rings. The maximum absolute atomic E-state index is 13.5. The third kappa shape index (κ3) is 2.96. The van der Waals surface area contributed by atoms with E-state index >= 15 is 0 Å². The summed E-state index contributed by atoms with van der Waals surface area (Å²) in [6.07, 6.45) is 4.58. The molecule has 112 valence electrons. The summed E-state index contributed by atoms with van der Waals surface area (Å²) in [5.41, 5.74) is 5.37. The molecule has 1 aromatic carbocycles. The Hall–Kier alpha value is -1.14. The zero-order chi connectivity index (χ0) is 14.8. The van der Waals surface area contributed by atoms with Gasteiger partial charge in [0.25, 0.3) is 0 Å². The van der Waals surface area contributed by atoms with E-state index in [9.17, 15) is 12.8 Å². The molecule has 0 bridgehead atoms. The third-order valence-electron chi connectivity index (χ3n) is 3.87. The average molecular weight is 300 g/mol. The summed E-state index contributed by atoms with van der Waals surface area (Å²) in [5.74, 6) is -0.686. The number of benzene rings is 1. The minimum Gasteiger partial charge on any atom is -0.396 e. The van der Waals surface area contributed by atoms with Crippen LogP contribution in [0.15, 0.2) is 23.1 Å². The van der Waals surface area contributed by atoms with Crippen LogP contribution in [0.25, 0.3) is 0 Å². The fraction of sp³-hybridized carbons (Fsp3) is 0.571. The first-order chi connectivity index (χ1) is 9.46. The number of nitrogens with zero attached hydrogens (tertiary/aromatic N) is 1. The minimum atomic E-state index is -3.65. The van der Waals surface area contributed by atoms with Crippen LogP contribution in [0, 0.1) is 5.82 Å². The first-order valence-corrected chi connectivity index (χ1v) is 8.47. The second-order valence-corrected chi connectivity index (χ2v) is 7.10.